The van der Waals surface area contributed by atoms with Crippen LogP contribution in [-0.4, -0.2) is 29.6 Å². The molecular weight excluding hydrogens is 284 g/mol. The van der Waals surface area contributed by atoms with Crippen molar-refractivity contribution >= 4 is 29.0 Å². The van der Waals surface area contributed by atoms with E-state index in [1.807, 2.05) is 30.8 Å². The molecule has 1 heterocycles. The molecular formula is C16H24N2O2S. The number of nitrogen functional groups attached to an aromatic ring is 1. The SMILES string of the molecule is Cc1cc(N)ccc1NC(=O)CCCSC1CCOC1C. The number of nitrogens with one attached hydrogen (secondary N) is 1. The molecule has 0 spiro atoms. The molecule has 0 aromatic heterocycles. The van der Waals surface area contributed by atoms with Crippen LogP contribution in [0.25, 0.3) is 0 Å². The summed E-state index contributed by atoms with van der Waals surface area (Å²) in [6.07, 6.45) is 2.93. The van der Waals surface area contributed by atoms with Crippen molar-refractivity contribution in [2.24, 2.45) is 0 Å². The second kappa shape index (κ2) is 7.71. The predicted octanol–water partition coefficient (Wildman–Crippen LogP) is 3.21. The Morgan fingerprint density at radius 3 is 3.00 bits per heavy atom. The molecule has 1 aromatic rings. The van der Waals surface area contributed by atoms with Crippen molar-refractivity contribution in [3.05, 3.63) is 23.8 Å². The number of ether oxygens (including phenoxy) is 1. The Morgan fingerprint density at radius 1 is 1.52 bits per heavy atom. The van der Waals surface area contributed by atoms with Crippen LogP contribution < -0.4 is 11.1 Å². The van der Waals surface area contributed by atoms with Crippen molar-refractivity contribution < 1.29 is 9.53 Å². The highest BCUT2D eigenvalue weighted by Gasteiger charge is 2.24. The van der Waals surface area contributed by atoms with E-state index >= 15 is 0 Å². The van der Waals surface area contributed by atoms with Crippen LogP contribution in [0, 0.1) is 6.92 Å². The number of nitrogens with two attached hydrogens (primary N) is 1. The fourth-order valence-electron chi connectivity index (χ4n) is 2.44. The summed E-state index contributed by atoms with van der Waals surface area (Å²) in [4.78, 5) is 11.9. The average molecular weight is 308 g/mol. The number of hydrogen-bond acceptors (Lipinski definition) is 4. The van der Waals surface area contributed by atoms with Gasteiger partial charge in [-0.3, -0.25) is 4.79 Å². The molecule has 4 nitrogen and oxygen atoms in total. The molecule has 21 heavy (non-hydrogen) atoms. The summed E-state index contributed by atoms with van der Waals surface area (Å²) in [5, 5.41) is 3.54. The maximum Gasteiger partial charge on any atom is 0.224 e. The van der Waals surface area contributed by atoms with E-state index in [2.05, 4.69) is 12.2 Å². The van der Waals surface area contributed by atoms with Crippen molar-refractivity contribution in [1.29, 1.82) is 0 Å². The lowest BCUT2D eigenvalue weighted by Crippen LogP contribution is -2.15. The highest BCUT2D eigenvalue weighted by molar-refractivity contribution is 7.99. The maximum atomic E-state index is 11.9. The quantitative estimate of drug-likeness (QED) is 0.625. The van der Waals surface area contributed by atoms with Crippen LogP contribution in [0.2, 0.25) is 0 Å². The predicted molar refractivity (Wildman–Crippen MR) is 89.7 cm³/mol. The summed E-state index contributed by atoms with van der Waals surface area (Å²) in [6, 6.07) is 5.53. The number of rotatable bonds is 6. The molecule has 116 valence electrons. The maximum absolute atomic E-state index is 11.9. The molecule has 2 atom stereocenters. The number of hydrogen-bond donors (Lipinski definition) is 2. The lowest BCUT2D eigenvalue weighted by molar-refractivity contribution is -0.116. The minimum Gasteiger partial charge on any atom is -0.399 e. The van der Waals surface area contributed by atoms with Gasteiger partial charge in [0.1, 0.15) is 0 Å². The number of aryl methyl sites for hydroxylation is 1. The van der Waals surface area contributed by atoms with Gasteiger partial charge in [-0.15, -0.1) is 0 Å². The van der Waals surface area contributed by atoms with Gasteiger partial charge in [-0.2, -0.15) is 11.8 Å². The number of anilines is 2. The topological polar surface area (TPSA) is 64.3 Å². The summed E-state index contributed by atoms with van der Waals surface area (Å²) in [6.45, 7) is 4.94. The zero-order valence-corrected chi connectivity index (χ0v) is 13.5. The van der Waals surface area contributed by atoms with Gasteiger partial charge in [-0.25, -0.2) is 0 Å². The molecule has 3 N–H and O–H groups in total. The third kappa shape index (κ3) is 4.93. The Bertz CT molecular complexity index is 493. The van der Waals surface area contributed by atoms with E-state index in [1.54, 1.807) is 6.07 Å². The third-order valence-corrected chi connectivity index (χ3v) is 5.28. The van der Waals surface area contributed by atoms with E-state index in [9.17, 15) is 4.79 Å². The van der Waals surface area contributed by atoms with Gasteiger partial charge in [0.15, 0.2) is 0 Å². The molecule has 2 unspecified atom stereocenters. The first kappa shape index (κ1) is 16.2. The number of amides is 1. The summed E-state index contributed by atoms with van der Waals surface area (Å²) in [5.74, 6) is 1.08. The van der Waals surface area contributed by atoms with E-state index in [1.165, 1.54) is 0 Å². The standard InChI is InChI=1S/C16H24N2O2S/c1-11-10-13(17)5-6-14(11)18-16(19)4-3-9-21-15-7-8-20-12(15)2/h5-6,10,12,15H,3-4,7-9,17H2,1-2H3,(H,18,19). The van der Waals surface area contributed by atoms with Crippen LogP contribution in [0.15, 0.2) is 18.2 Å². The third-order valence-electron chi connectivity index (χ3n) is 3.71. The monoisotopic (exact) mass is 308 g/mol. The van der Waals surface area contributed by atoms with Crippen LogP contribution in [0.1, 0.15) is 31.7 Å². The van der Waals surface area contributed by atoms with E-state index in [-0.39, 0.29) is 5.91 Å². The molecule has 0 aliphatic carbocycles. The molecule has 0 bridgehead atoms. The van der Waals surface area contributed by atoms with Gasteiger partial charge in [0.2, 0.25) is 5.91 Å². The lowest BCUT2D eigenvalue weighted by Gasteiger charge is -2.13. The van der Waals surface area contributed by atoms with Crippen LogP contribution in [0.4, 0.5) is 11.4 Å². The van der Waals surface area contributed by atoms with Gasteiger partial charge in [0, 0.05) is 29.7 Å². The smallest absolute Gasteiger partial charge is 0.224 e. The Labute approximate surface area is 130 Å². The second-order valence-electron chi connectivity index (χ2n) is 5.50. The summed E-state index contributed by atoms with van der Waals surface area (Å²) < 4.78 is 5.54. The fourth-order valence-corrected chi connectivity index (χ4v) is 3.66. The van der Waals surface area contributed by atoms with Crippen molar-refractivity contribution in [1.82, 2.24) is 0 Å². The minimum atomic E-state index is 0.0687. The first-order chi connectivity index (χ1) is 10.1. The molecule has 5 heteroatoms. The highest BCUT2D eigenvalue weighted by atomic mass is 32.2. The Morgan fingerprint density at radius 2 is 2.33 bits per heavy atom. The molecule has 2 rings (SSSR count). The van der Waals surface area contributed by atoms with Gasteiger partial charge < -0.3 is 15.8 Å². The number of carbonyl (C=O) groups excluding carboxylic acids is 1. The summed E-state index contributed by atoms with van der Waals surface area (Å²) >= 11 is 1.92. The van der Waals surface area contributed by atoms with E-state index in [0.717, 1.165) is 42.1 Å². The lowest BCUT2D eigenvalue weighted by atomic mass is 10.1. The molecule has 1 aromatic carbocycles. The van der Waals surface area contributed by atoms with Crippen molar-refractivity contribution in [3.63, 3.8) is 0 Å². The van der Waals surface area contributed by atoms with Crippen molar-refractivity contribution in [3.8, 4) is 0 Å². The molecule has 0 radical (unpaired) electrons. The molecule has 1 aliphatic rings. The molecule has 1 amide bonds. The van der Waals surface area contributed by atoms with Crippen molar-refractivity contribution in [2.75, 3.05) is 23.4 Å². The Hall–Kier alpha value is -1.20. The Balaban J connectivity index is 1.67. The van der Waals surface area contributed by atoms with E-state index in [0.29, 0.717) is 17.8 Å². The zero-order valence-electron chi connectivity index (χ0n) is 12.7. The number of thioether (sulfide) groups is 1. The van der Waals surface area contributed by atoms with Crippen LogP contribution in [-0.2, 0) is 9.53 Å². The molecule has 1 saturated heterocycles. The van der Waals surface area contributed by atoms with E-state index in [4.69, 9.17) is 10.5 Å². The number of carbonyl (C=O) groups is 1. The van der Waals surface area contributed by atoms with Gasteiger partial charge in [0.25, 0.3) is 0 Å². The average Bonchev–Trinajstić information content (AvgIpc) is 2.84. The van der Waals surface area contributed by atoms with E-state index < -0.39 is 0 Å². The largest absolute Gasteiger partial charge is 0.399 e. The summed E-state index contributed by atoms with van der Waals surface area (Å²) in [5.41, 5.74) is 8.26. The Kier molecular flexibility index (Phi) is 5.94. The first-order valence-electron chi connectivity index (χ1n) is 7.45. The normalized spacial score (nSPS) is 21.4. The number of benzene rings is 1. The summed E-state index contributed by atoms with van der Waals surface area (Å²) in [7, 11) is 0. The van der Waals surface area contributed by atoms with Gasteiger partial charge >= 0.3 is 0 Å². The van der Waals surface area contributed by atoms with Gasteiger partial charge in [-0.1, -0.05) is 0 Å². The van der Waals surface area contributed by atoms with Gasteiger partial charge in [-0.05, 0) is 56.2 Å². The van der Waals surface area contributed by atoms with Gasteiger partial charge in [0.05, 0.1) is 6.10 Å². The van der Waals surface area contributed by atoms with Crippen molar-refractivity contribution in [2.45, 2.75) is 44.5 Å². The van der Waals surface area contributed by atoms with Crippen LogP contribution in [0.3, 0.4) is 0 Å². The zero-order chi connectivity index (χ0) is 15.2. The minimum absolute atomic E-state index is 0.0687. The highest BCUT2D eigenvalue weighted by Crippen LogP contribution is 2.27. The first-order valence-corrected chi connectivity index (χ1v) is 8.50. The van der Waals surface area contributed by atoms with Crippen LogP contribution in [0.5, 0.6) is 0 Å². The second-order valence-corrected chi connectivity index (χ2v) is 6.85. The molecule has 1 fully saturated rings. The van der Waals surface area contributed by atoms with Crippen LogP contribution >= 0.6 is 11.8 Å². The molecule has 0 saturated carbocycles. The molecule has 1 aliphatic heterocycles. The fraction of sp³-hybridized carbons (Fsp3) is 0.562.